The minimum atomic E-state index is -3.21. The van der Waals surface area contributed by atoms with E-state index in [0.717, 1.165) is 11.1 Å². The zero-order valence-corrected chi connectivity index (χ0v) is 16.2. The Morgan fingerprint density at radius 3 is 2.46 bits per heavy atom. The first-order valence-electron chi connectivity index (χ1n) is 8.97. The van der Waals surface area contributed by atoms with E-state index in [4.69, 9.17) is 0 Å². The lowest BCUT2D eigenvalue weighted by Crippen LogP contribution is -2.25. The molecular weight excluding hydrogens is 376 g/mol. The van der Waals surface area contributed by atoms with Crippen LogP contribution in [0.25, 0.3) is 11.3 Å². The number of carbonyl (C=O) groups excluding carboxylic acids is 1. The van der Waals surface area contributed by atoms with Crippen LogP contribution in [0.5, 0.6) is 0 Å². The standard InChI is InChI=1S/C20H20N4O3S/c1-14-3-5-15(6-4-14)18-13-19(23-22-18)20(25)21-16-7-9-17(10-8-16)24-11-2-12-28(24,26)27/h3-10,13H,2,11-12H2,1H3,(H,21,25)(H,22,23). The van der Waals surface area contributed by atoms with E-state index in [0.29, 0.717) is 35.7 Å². The molecular formula is C20H20N4O3S. The third-order valence-corrected chi connectivity index (χ3v) is 6.55. The van der Waals surface area contributed by atoms with E-state index in [9.17, 15) is 13.2 Å². The number of nitrogens with zero attached hydrogens (tertiary/aromatic N) is 2. The Morgan fingerprint density at radius 1 is 1.11 bits per heavy atom. The highest BCUT2D eigenvalue weighted by Crippen LogP contribution is 2.25. The molecule has 0 radical (unpaired) electrons. The third-order valence-electron chi connectivity index (χ3n) is 4.68. The van der Waals surface area contributed by atoms with Crippen molar-refractivity contribution in [3.63, 3.8) is 0 Å². The van der Waals surface area contributed by atoms with Gasteiger partial charge in [-0.1, -0.05) is 29.8 Å². The average molecular weight is 396 g/mol. The quantitative estimate of drug-likeness (QED) is 0.708. The number of rotatable bonds is 4. The molecule has 0 bridgehead atoms. The van der Waals surface area contributed by atoms with Crippen LogP contribution in [-0.4, -0.2) is 36.8 Å². The molecule has 1 saturated heterocycles. The van der Waals surface area contributed by atoms with Crippen LogP contribution >= 0.6 is 0 Å². The number of hydrogen-bond acceptors (Lipinski definition) is 4. The first-order valence-corrected chi connectivity index (χ1v) is 10.6. The second-order valence-electron chi connectivity index (χ2n) is 6.78. The fraction of sp³-hybridized carbons (Fsp3) is 0.200. The van der Waals surface area contributed by atoms with Gasteiger partial charge in [0.15, 0.2) is 0 Å². The summed E-state index contributed by atoms with van der Waals surface area (Å²) < 4.78 is 25.4. The van der Waals surface area contributed by atoms with Crippen molar-refractivity contribution in [3.8, 4) is 11.3 Å². The van der Waals surface area contributed by atoms with Gasteiger partial charge in [-0.25, -0.2) is 8.42 Å². The van der Waals surface area contributed by atoms with E-state index in [1.54, 1.807) is 30.3 Å². The highest BCUT2D eigenvalue weighted by atomic mass is 32.2. The summed E-state index contributed by atoms with van der Waals surface area (Å²) in [5.41, 5.74) is 4.32. The SMILES string of the molecule is Cc1ccc(-c2cc(C(=O)Nc3ccc(N4CCCS4(=O)=O)cc3)[nH]n2)cc1. The maximum Gasteiger partial charge on any atom is 0.273 e. The van der Waals surface area contributed by atoms with Crippen molar-refractivity contribution in [3.05, 3.63) is 65.9 Å². The molecule has 1 amide bonds. The lowest BCUT2D eigenvalue weighted by Gasteiger charge is -2.17. The van der Waals surface area contributed by atoms with E-state index < -0.39 is 10.0 Å². The zero-order chi connectivity index (χ0) is 19.7. The Morgan fingerprint density at radius 2 is 1.82 bits per heavy atom. The maximum absolute atomic E-state index is 12.5. The van der Waals surface area contributed by atoms with Gasteiger partial charge in [0.05, 0.1) is 17.1 Å². The molecule has 144 valence electrons. The zero-order valence-electron chi connectivity index (χ0n) is 15.3. The first kappa shape index (κ1) is 18.2. The van der Waals surface area contributed by atoms with E-state index in [1.165, 1.54) is 4.31 Å². The van der Waals surface area contributed by atoms with Crippen molar-refractivity contribution >= 4 is 27.3 Å². The summed E-state index contributed by atoms with van der Waals surface area (Å²) in [5.74, 6) is -0.137. The molecule has 3 aromatic rings. The van der Waals surface area contributed by atoms with Gasteiger partial charge in [-0.3, -0.25) is 14.2 Å². The normalized spacial score (nSPS) is 15.5. The molecule has 1 aromatic heterocycles. The lowest BCUT2D eigenvalue weighted by atomic mass is 10.1. The molecule has 0 saturated carbocycles. The summed E-state index contributed by atoms with van der Waals surface area (Å²) in [6.45, 7) is 2.50. The Bertz CT molecular complexity index is 1100. The predicted octanol–water partition coefficient (Wildman–Crippen LogP) is 3.18. The average Bonchev–Trinajstić information content (AvgIpc) is 3.30. The molecule has 0 atom stereocenters. The molecule has 0 aliphatic carbocycles. The summed E-state index contributed by atoms with van der Waals surface area (Å²) >= 11 is 0. The summed E-state index contributed by atoms with van der Waals surface area (Å²) in [4.78, 5) is 12.5. The van der Waals surface area contributed by atoms with Crippen molar-refractivity contribution in [1.82, 2.24) is 10.2 Å². The number of aryl methyl sites for hydroxylation is 1. The molecule has 2 aromatic carbocycles. The number of carbonyl (C=O) groups is 1. The molecule has 8 heteroatoms. The van der Waals surface area contributed by atoms with Gasteiger partial charge < -0.3 is 5.32 Å². The molecule has 7 nitrogen and oxygen atoms in total. The first-order chi connectivity index (χ1) is 13.4. The number of aromatic amines is 1. The minimum Gasteiger partial charge on any atom is -0.321 e. The van der Waals surface area contributed by atoms with Crippen LogP contribution < -0.4 is 9.62 Å². The highest BCUT2D eigenvalue weighted by molar-refractivity contribution is 7.93. The number of nitrogens with one attached hydrogen (secondary N) is 2. The predicted molar refractivity (Wildman–Crippen MR) is 109 cm³/mol. The fourth-order valence-electron chi connectivity index (χ4n) is 3.15. The molecule has 0 spiro atoms. The van der Waals surface area contributed by atoms with Crippen molar-refractivity contribution in [2.45, 2.75) is 13.3 Å². The molecule has 28 heavy (non-hydrogen) atoms. The van der Waals surface area contributed by atoms with Crippen LogP contribution in [0.4, 0.5) is 11.4 Å². The summed E-state index contributed by atoms with van der Waals surface area (Å²) in [5, 5.41) is 9.75. The van der Waals surface area contributed by atoms with Gasteiger partial charge in [0.25, 0.3) is 5.91 Å². The fourth-order valence-corrected chi connectivity index (χ4v) is 4.71. The van der Waals surface area contributed by atoms with Crippen molar-refractivity contribution in [2.24, 2.45) is 0 Å². The van der Waals surface area contributed by atoms with Crippen LogP contribution in [0.15, 0.2) is 54.6 Å². The number of hydrogen-bond donors (Lipinski definition) is 2. The van der Waals surface area contributed by atoms with Crippen LogP contribution in [-0.2, 0) is 10.0 Å². The van der Waals surface area contributed by atoms with Crippen LogP contribution in [0.2, 0.25) is 0 Å². The smallest absolute Gasteiger partial charge is 0.273 e. The lowest BCUT2D eigenvalue weighted by molar-refractivity contribution is 0.102. The Labute approximate surface area is 163 Å². The molecule has 1 fully saturated rings. The summed E-state index contributed by atoms with van der Waals surface area (Å²) in [6.07, 6.45) is 0.629. The number of benzene rings is 2. The molecule has 0 unspecified atom stereocenters. The highest BCUT2D eigenvalue weighted by Gasteiger charge is 2.28. The molecule has 1 aliphatic rings. The van der Waals surface area contributed by atoms with Crippen LogP contribution in [0, 0.1) is 6.92 Å². The molecule has 4 rings (SSSR count). The third kappa shape index (κ3) is 3.63. The van der Waals surface area contributed by atoms with Gasteiger partial charge >= 0.3 is 0 Å². The van der Waals surface area contributed by atoms with Crippen LogP contribution in [0.3, 0.4) is 0 Å². The minimum absolute atomic E-state index is 0.175. The second kappa shape index (κ2) is 7.12. The maximum atomic E-state index is 12.5. The number of aromatic nitrogens is 2. The summed E-state index contributed by atoms with van der Waals surface area (Å²) in [7, 11) is -3.21. The number of H-pyrrole nitrogens is 1. The van der Waals surface area contributed by atoms with E-state index >= 15 is 0 Å². The largest absolute Gasteiger partial charge is 0.321 e. The van der Waals surface area contributed by atoms with Crippen molar-refractivity contribution in [2.75, 3.05) is 21.9 Å². The second-order valence-corrected chi connectivity index (χ2v) is 8.79. The van der Waals surface area contributed by atoms with Crippen LogP contribution in [0.1, 0.15) is 22.5 Å². The molecule has 2 heterocycles. The van der Waals surface area contributed by atoms with E-state index in [2.05, 4.69) is 15.5 Å². The van der Waals surface area contributed by atoms with Gasteiger partial charge in [-0.05, 0) is 43.7 Å². The van der Waals surface area contributed by atoms with Gasteiger partial charge in [0, 0.05) is 17.8 Å². The van der Waals surface area contributed by atoms with Gasteiger partial charge in [0.2, 0.25) is 10.0 Å². The van der Waals surface area contributed by atoms with Crippen molar-refractivity contribution < 1.29 is 13.2 Å². The number of sulfonamides is 1. The van der Waals surface area contributed by atoms with E-state index in [-0.39, 0.29) is 11.7 Å². The van der Waals surface area contributed by atoms with Gasteiger partial charge in [-0.15, -0.1) is 0 Å². The Balaban J connectivity index is 1.46. The number of anilines is 2. The van der Waals surface area contributed by atoms with E-state index in [1.807, 2.05) is 31.2 Å². The topological polar surface area (TPSA) is 95.2 Å². The van der Waals surface area contributed by atoms with Crippen molar-refractivity contribution in [1.29, 1.82) is 0 Å². The molecule has 2 N–H and O–H groups in total. The monoisotopic (exact) mass is 396 g/mol. The summed E-state index contributed by atoms with van der Waals surface area (Å²) in [6, 6.07) is 16.4. The van der Waals surface area contributed by atoms with Gasteiger partial charge in [-0.2, -0.15) is 5.10 Å². The van der Waals surface area contributed by atoms with Gasteiger partial charge in [0.1, 0.15) is 5.69 Å². The Hall–Kier alpha value is -3.13. The number of amides is 1. The Kier molecular flexibility index (Phi) is 4.64. The molecule has 1 aliphatic heterocycles.